The first kappa shape index (κ1) is 17.3. The van der Waals surface area contributed by atoms with Crippen LogP contribution in [0.1, 0.15) is 23.3 Å². The molecule has 2 heterocycles. The highest BCUT2D eigenvalue weighted by atomic mass is 32.1. The smallest absolute Gasteiger partial charge is 0.306 e. The van der Waals surface area contributed by atoms with Crippen molar-refractivity contribution in [2.75, 3.05) is 13.4 Å². The number of carbonyl (C=O) groups is 2. The van der Waals surface area contributed by atoms with Gasteiger partial charge in [0.1, 0.15) is 0 Å². The summed E-state index contributed by atoms with van der Waals surface area (Å²) < 4.78 is 15.5. The van der Waals surface area contributed by atoms with Gasteiger partial charge in [-0.25, -0.2) is 0 Å². The summed E-state index contributed by atoms with van der Waals surface area (Å²) in [5.41, 5.74) is 0.889. The highest BCUT2D eigenvalue weighted by molar-refractivity contribution is 7.09. The fourth-order valence-electron chi connectivity index (χ4n) is 2.38. The molecule has 0 bridgehead atoms. The van der Waals surface area contributed by atoms with Crippen molar-refractivity contribution in [2.45, 2.75) is 25.8 Å². The van der Waals surface area contributed by atoms with Gasteiger partial charge < -0.3 is 19.5 Å². The van der Waals surface area contributed by atoms with E-state index in [1.807, 2.05) is 29.6 Å². The Hall–Kier alpha value is -2.54. The third-order valence-electron chi connectivity index (χ3n) is 3.68. The number of amides is 1. The first-order chi connectivity index (χ1) is 12.2. The third-order valence-corrected chi connectivity index (χ3v) is 4.61. The number of fused-ring (bicyclic) bond motifs is 1. The predicted molar refractivity (Wildman–Crippen MR) is 92.6 cm³/mol. The van der Waals surface area contributed by atoms with Crippen LogP contribution < -0.4 is 14.8 Å². The van der Waals surface area contributed by atoms with Gasteiger partial charge in [0, 0.05) is 17.8 Å². The summed E-state index contributed by atoms with van der Waals surface area (Å²) in [6.07, 6.45) is 1.88. The molecule has 1 aliphatic heterocycles. The standard InChI is InChI=1S/C18H19NO5S/c20-17(11-22-18(21)5-1-3-14-4-2-8-25-14)19-10-13-6-7-15-16(9-13)24-12-23-15/h2,4,6-9H,1,3,5,10-12H2,(H,19,20). The number of hydrogen-bond acceptors (Lipinski definition) is 6. The average Bonchev–Trinajstić information content (AvgIpc) is 3.29. The Labute approximate surface area is 149 Å². The van der Waals surface area contributed by atoms with Crippen molar-refractivity contribution >= 4 is 23.2 Å². The topological polar surface area (TPSA) is 73.9 Å². The fourth-order valence-corrected chi connectivity index (χ4v) is 3.13. The van der Waals surface area contributed by atoms with Crippen molar-refractivity contribution in [3.63, 3.8) is 0 Å². The molecule has 0 saturated carbocycles. The van der Waals surface area contributed by atoms with Crippen molar-refractivity contribution < 1.29 is 23.8 Å². The first-order valence-electron chi connectivity index (χ1n) is 8.04. The Kier molecular flexibility index (Phi) is 5.90. The second-order valence-corrected chi connectivity index (χ2v) is 6.59. The van der Waals surface area contributed by atoms with Crippen molar-refractivity contribution in [1.29, 1.82) is 0 Å². The Bertz CT molecular complexity index is 729. The molecule has 0 fully saturated rings. The van der Waals surface area contributed by atoms with E-state index in [4.69, 9.17) is 14.2 Å². The van der Waals surface area contributed by atoms with Gasteiger partial charge in [-0.3, -0.25) is 9.59 Å². The number of rotatable bonds is 8. The van der Waals surface area contributed by atoms with Gasteiger partial charge in [-0.2, -0.15) is 0 Å². The van der Waals surface area contributed by atoms with Gasteiger partial charge in [0.05, 0.1) is 0 Å². The second-order valence-electron chi connectivity index (χ2n) is 5.56. The molecule has 1 amide bonds. The minimum Gasteiger partial charge on any atom is -0.456 e. The van der Waals surface area contributed by atoms with Gasteiger partial charge in [-0.05, 0) is 42.0 Å². The van der Waals surface area contributed by atoms with Crippen LogP contribution in [0, 0.1) is 0 Å². The molecular formula is C18H19NO5S. The van der Waals surface area contributed by atoms with Crippen LogP contribution in [0.15, 0.2) is 35.7 Å². The van der Waals surface area contributed by atoms with Crippen LogP contribution in [-0.2, 0) is 27.3 Å². The van der Waals surface area contributed by atoms with Gasteiger partial charge >= 0.3 is 5.97 Å². The van der Waals surface area contributed by atoms with Gasteiger partial charge in [0.2, 0.25) is 6.79 Å². The number of ether oxygens (including phenoxy) is 3. The zero-order valence-electron chi connectivity index (χ0n) is 13.7. The molecule has 6 nitrogen and oxygen atoms in total. The van der Waals surface area contributed by atoms with Gasteiger partial charge in [0.25, 0.3) is 5.91 Å². The molecule has 25 heavy (non-hydrogen) atoms. The summed E-state index contributed by atoms with van der Waals surface area (Å²) in [6, 6.07) is 9.50. The van der Waals surface area contributed by atoms with Crippen LogP contribution in [0.5, 0.6) is 11.5 Å². The monoisotopic (exact) mass is 361 g/mol. The lowest BCUT2D eigenvalue weighted by atomic mass is 10.2. The summed E-state index contributed by atoms with van der Waals surface area (Å²) in [7, 11) is 0. The summed E-state index contributed by atoms with van der Waals surface area (Å²) >= 11 is 1.67. The molecule has 3 rings (SSSR count). The minimum absolute atomic E-state index is 0.216. The predicted octanol–water partition coefficient (Wildman–Crippen LogP) is 2.66. The second kappa shape index (κ2) is 8.53. The van der Waals surface area contributed by atoms with Crippen LogP contribution in [0.25, 0.3) is 0 Å². The van der Waals surface area contributed by atoms with E-state index in [9.17, 15) is 9.59 Å². The van der Waals surface area contributed by atoms with Crippen LogP contribution in [0.2, 0.25) is 0 Å². The maximum Gasteiger partial charge on any atom is 0.306 e. The van der Waals surface area contributed by atoms with Crippen molar-refractivity contribution in [3.05, 3.63) is 46.2 Å². The maximum absolute atomic E-state index is 11.8. The Morgan fingerprint density at radius 3 is 2.92 bits per heavy atom. The lowest BCUT2D eigenvalue weighted by Crippen LogP contribution is -2.28. The van der Waals surface area contributed by atoms with Crippen molar-refractivity contribution in [1.82, 2.24) is 5.32 Å². The number of aryl methyl sites for hydroxylation is 1. The molecule has 132 valence electrons. The van der Waals surface area contributed by atoms with Crippen LogP contribution in [-0.4, -0.2) is 25.3 Å². The van der Waals surface area contributed by atoms with E-state index < -0.39 is 0 Å². The first-order valence-corrected chi connectivity index (χ1v) is 8.92. The molecule has 0 aliphatic carbocycles. The van der Waals surface area contributed by atoms with Gasteiger partial charge in [0.15, 0.2) is 18.1 Å². The zero-order chi connectivity index (χ0) is 17.5. The zero-order valence-corrected chi connectivity index (χ0v) is 14.5. The van der Waals surface area contributed by atoms with E-state index in [1.165, 1.54) is 4.88 Å². The number of nitrogens with one attached hydrogen (secondary N) is 1. The van der Waals surface area contributed by atoms with E-state index in [-0.39, 0.29) is 25.3 Å². The summed E-state index contributed by atoms with van der Waals surface area (Å²) in [5.74, 6) is 0.689. The molecule has 0 radical (unpaired) electrons. The molecule has 0 unspecified atom stereocenters. The van der Waals surface area contributed by atoms with E-state index in [0.717, 1.165) is 18.4 Å². The highest BCUT2D eigenvalue weighted by Gasteiger charge is 2.13. The van der Waals surface area contributed by atoms with E-state index in [2.05, 4.69) is 5.32 Å². The lowest BCUT2D eigenvalue weighted by molar-refractivity contribution is -0.148. The van der Waals surface area contributed by atoms with Gasteiger partial charge in [-0.15, -0.1) is 11.3 Å². The molecule has 1 aromatic heterocycles. The van der Waals surface area contributed by atoms with E-state index in [1.54, 1.807) is 17.4 Å². The van der Waals surface area contributed by atoms with Gasteiger partial charge in [-0.1, -0.05) is 12.1 Å². The molecule has 0 atom stereocenters. The number of benzene rings is 1. The number of hydrogen-bond donors (Lipinski definition) is 1. The average molecular weight is 361 g/mol. The molecule has 2 aromatic rings. The van der Waals surface area contributed by atoms with Crippen molar-refractivity contribution in [3.8, 4) is 11.5 Å². The van der Waals surface area contributed by atoms with E-state index >= 15 is 0 Å². The molecule has 7 heteroatoms. The van der Waals surface area contributed by atoms with E-state index in [0.29, 0.717) is 24.5 Å². The van der Waals surface area contributed by atoms with Crippen LogP contribution in [0.3, 0.4) is 0 Å². The highest BCUT2D eigenvalue weighted by Crippen LogP contribution is 2.32. The summed E-state index contributed by atoms with van der Waals surface area (Å²) in [6.45, 7) is 0.293. The normalized spacial score (nSPS) is 12.0. The molecule has 0 saturated heterocycles. The number of thiophene rings is 1. The lowest BCUT2D eigenvalue weighted by Gasteiger charge is -2.07. The third kappa shape index (κ3) is 5.22. The molecular weight excluding hydrogens is 342 g/mol. The minimum atomic E-state index is -0.352. The fraction of sp³-hybridized carbons (Fsp3) is 0.333. The number of carbonyl (C=O) groups excluding carboxylic acids is 2. The van der Waals surface area contributed by atoms with Crippen LogP contribution in [0.4, 0.5) is 0 Å². The summed E-state index contributed by atoms with van der Waals surface area (Å²) in [4.78, 5) is 24.7. The largest absolute Gasteiger partial charge is 0.456 e. The summed E-state index contributed by atoms with van der Waals surface area (Å²) in [5, 5.41) is 4.73. The quantitative estimate of drug-likeness (QED) is 0.732. The number of esters is 1. The van der Waals surface area contributed by atoms with Crippen LogP contribution >= 0.6 is 11.3 Å². The Morgan fingerprint density at radius 1 is 1.20 bits per heavy atom. The SMILES string of the molecule is O=C(COC(=O)CCCc1cccs1)NCc1ccc2c(c1)OCO2. The molecule has 0 spiro atoms. The molecule has 1 aliphatic rings. The Morgan fingerprint density at radius 2 is 2.08 bits per heavy atom. The Balaban J connectivity index is 1.31. The maximum atomic E-state index is 11.8. The van der Waals surface area contributed by atoms with Crippen molar-refractivity contribution in [2.24, 2.45) is 0 Å². The molecule has 1 N–H and O–H groups in total. The molecule has 1 aromatic carbocycles.